The number of carbonyl (C=O) groups excluding carboxylic acids is 2. The van der Waals surface area contributed by atoms with Crippen molar-refractivity contribution in [2.75, 3.05) is 0 Å². The number of para-hydroxylation sites is 2. The highest BCUT2D eigenvalue weighted by Gasteiger charge is 2.28. The van der Waals surface area contributed by atoms with Crippen LogP contribution >= 0.6 is 11.8 Å². The zero-order valence-electron chi connectivity index (χ0n) is 14.2. The van der Waals surface area contributed by atoms with Crippen LogP contribution in [0.5, 0.6) is 0 Å². The lowest BCUT2D eigenvalue weighted by Crippen LogP contribution is -2.27. The summed E-state index contributed by atoms with van der Waals surface area (Å²) in [5.74, 6) is -0.879. The van der Waals surface area contributed by atoms with Gasteiger partial charge in [0.05, 0.1) is 29.7 Å². The molecule has 7 heteroatoms. The highest BCUT2D eigenvalue weighted by atomic mass is 32.2. The minimum atomic E-state index is -0.709. The molecule has 2 rings (SSSR count). The number of thioether (sulfide) groups is 1. The molecular weight excluding hydrogens is 328 g/mol. The first kappa shape index (κ1) is 18.3. The molecule has 6 nitrogen and oxygen atoms in total. The molecule has 0 aliphatic heterocycles. The van der Waals surface area contributed by atoms with Crippen LogP contribution in [0.3, 0.4) is 0 Å². The molecule has 0 aliphatic carbocycles. The van der Waals surface area contributed by atoms with Crippen LogP contribution in [0.2, 0.25) is 0 Å². The van der Waals surface area contributed by atoms with Crippen LogP contribution in [0.15, 0.2) is 29.4 Å². The van der Waals surface area contributed by atoms with E-state index in [-0.39, 0.29) is 18.6 Å². The summed E-state index contributed by atoms with van der Waals surface area (Å²) in [4.78, 5) is 31.8. The SMILES string of the molecule is CC(C)OC(=O)CC(Sc1nc2ccccc2[nH]1)C(=O)OC(C)C. The summed E-state index contributed by atoms with van der Waals surface area (Å²) in [5, 5.41) is -0.140. The number of aromatic nitrogens is 2. The monoisotopic (exact) mass is 350 g/mol. The average Bonchev–Trinajstić information content (AvgIpc) is 2.87. The third-order valence-electron chi connectivity index (χ3n) is 2.96. The summed E-state index contributed by atoms with van der Waals surface area (Å²) in [5.41, 5.74) is 1.68. The first-order valence-electron chi connectivity index (χ1n) is 7.86. The molecule has 1 atom stereocenters. The van der Waals surface area contributed by atoms with Crippen LogP contribution in [0, 0.1) is 0 Å². The number of hydrogen-bond donors (Lipinski definition) is 1. The van der Waals surface area contributed by atoms with E-state index in [1.165, 1.54) is 11.8 Å². The standard InChI is InChI=1S/C17H22N2O4S/c1-10(2)22-15(20)9-14(16(21)23-11(3)4)24-17-18-12-7-5-6-8-13(12)19-17/h5-8,10-11,14H,9H2,1-4H3,(H,18,19). The van der Waals surface area contributed by atoms with Crippen LogP contribution in [0.25, 0.3) is 11.0 Å². The maximum absolute atomic E-state index is 12.3. The second-order valence-corrected chi connectivity index (χ2v) is 7.09. The van der Waals surface area contributed by atoms with Crippen LogP contribution in [0.4, 0.5) is 0 Å². The van der Waals surface area contributed by atoms with Crippen LogP contribution in [0.1, 0.15) is 34.1 Å². The van der Waals surface area contributed by atoms with E-state index in [0.29, 0.717) is 5.16 Å². The van der Waals surface area contributed by atoms with E-state index in [2.05, 4.69) is 9.97 Å². The van der Waals surface area contributed by atoms with Gasteiger partial charge in [-0.1, -0.05) is 23.9 Å². The van der Waals surface area contributed by atoms with Crippen LogP contribution in [-0.2, 0) is 19.1 Å². The molecule has 0 spiro atoms. The van der Waals surface area contributed by atoms with Crippen molar-refractivity contribution < 1.29 is 19.1 Å². The first-order chi connectivity index (χ1) is 11.3. The normalized spacial score (nSPS) is 12.6. The second kappa shape index (κ2) is 8.19. The van der Waals surface area contributed by atoms with Gasteiger partial charge in [0.25, 0.3) is 0 Å². The summed E-state index contributed by atoms with van der Waals surface area (Å²) in [7, 11) is 0. The van der Waals surface area contributed by atoms with Crippen molar-refractivity contribution in [1.82, 2.24) is 9.97 Å². The van der Waals surface area contributed by atoms with E-state index in [0.717, 1.165) is 11.0 Å². The molecule has 1 aromatic heterocycles. The Morgan fingerprint density at radius 1 is 1.12 bits per heavy atom. The van der Waals surface area contributed by atoms with E-state index in [9.17, 15) is 9.59 Å². The predicted molar refractivity (Wildman–Crippen MR) is 92.8 cm³/mol. The van der Waals surface area contributed by atoms with Gasteiger partial charge in [-0.2, -0.15) is 0 Å². The number of aromatic amines is 1. The van der Waals surface area contributed by atoms with E-state index in [1.807, 2.05) is 24.3 Å². The Kier molecular flexibility index (Phi) is 6.25. The smallest absolute Gasteiger partial charge is 0.320 e. The Morgan fingerprint density at radius 2 is 1.79 bits per heavy atom. The molecular formula is C17H22N2O4S. The maximum Gasteiger partial charge on any atom is 0.320 e. The van der Waals surface area contributed by atoms with Crippen LogP contribution in [-0.4, -0.2) is 39.4 Å². The molecule has 0 amide bonds. The molecule has 130 valence electrons. The Labute approximate surface area is 145 Å². The van der Waals surface area contributed by atoms with Crippen molar-refractivity contribution in [2.45, 2.75) is 56.7 Å². The summed E-state index contributed by atoms with van der Waals surface area (Å²) in [6.45, 7) is 7.08. The molecule has 2 aromatic rings. The number of carbonyl (C=O) groups is 2. The number of hydrogen-bond acceptors (Lipinski definition) is 6. The third kappa shape index (κ3) is 5.26. The quantitative estimate of drug-likeness (QED) is 0.609. The van der Waals surface area contributed by atoms with Gasteiger partial charge in [0.15, 0.2) is 5.16 Å². The van der Waals surface area contributed by atoms with Crippen molar-refractivity contribution in [3.63, 3.8) is 0 Å². The predicted octanol–water partition coefficient (Wildman–Crippen LogP) is 3.32. The summed E-state index contributed by atoms with van der Waals surface area (Å²) < 4.78 is 10.4. The number of esters is 2. The van der Waals surface area contributed by atoms with Gasteiger partial charge in [-0.05, 0) is 39.8 Å². The lowest BCUT2D eigenvalue weighted by atomic mass is 10.3. The number of H-pyrrole nitrogens is 1. The van der Waals surface area contributed by atoms with Gasteiger partial charge >= 0.3 is 11.9 Å². The summed E-state index contributed by atoms with van der Waals surface area (Å²) >= 11 is 1.18. The average molecular weight is 350 g/mol. The third-order valence-corrected chi connectivity index (χ3v) is 4.02. The largest absolute Gasteiger partial charge is 0.463 e. The van der Waals surface area contributed by atoms with Crippen molar-refractivity contribution in [3.8, 4) is 0 Å². The van der Waals surface area contributed by atoms with E-state index in [1.54, 1.807) is 27.7 Å². The minimum absolute atomic E-state index is 0.0640. The van der Waals surface area contributed by atoms with Gasteiger partial charge < -0.3 is 14.5 Å². The van der Waals surface area contributed by atoms with Gasteiger partial charge in [-0.25, -0.2) is 4.98 Å². The Bertz CT molecular complexity index is 678. The number of nitrogens with zero attached hydrogens (tertiary/aromatic N) is 1. The van der Waals surface area contributed by atoms with Gasteiger partial charge in [0, 0.05) is 0 Å². The fourth-order valence-electron chi connectivity index (χ4n) is 2.06. The van der Waals surface area contributed by atoms with Gasteiger partial charge in [-0.15, -0.1) is 0 Å². The van der Waals surface area contributed by atoms with Crippen molar-refractivity contribution in [3.05, 3.63) is 24.3 Å². The molecule has 0 radical (unpaired) electrons. The molecule has 0 aliphatic rings. The van der Waals surface area contributed by atoms with Gasteiger partial charge in [0.1, 0.15) is 5.25 Å². The Balaban J connectivity index is 2.14. The zero-order chi connectivity index (χ0) is 17.7. The first-order valence-corrected chi connectivity index (χ1v) is 8.74. The lowest BCUT2D eigenvalue weighted by Gasteiger charge is -2.16. The summed E-state index contributed by atoms with van der Waals surface area (Å²) in [6.07, 6.45) is -0.543. The molecule has 0 saturated heterocycles. The zero-order valence-corrected chi connectivity index (χ0v) is 15.1. The van der Waals surface area contributed by atoms with Gasteiger partial charge in [-0.3, -0.25) is 9.59 Å². The number of benzene rings is 1. The molecule has 0 saturated carbocycles. The fourth-order valence-corrected chi connectivity index (χ4v) is 3.02. The molecule has 1 unspecified atom stereocenters. The number of fused-ring (bicyclic) bond motifs is 1. The minimum Gasteiger partial charge on any atom is -0.463 e. The second-order valence-electron chi connectivity index (χ2n) is 5.89. The number of rotatable bonds is 7. The topological polar surface area (TPSA) is 81.3 Å². The molecule has 1 aromatic carbocycles. The molecule has 1 heterocycles. The number of ether oxygens (including phenoxy) is 2. The van der Waals surface area contributed by atoms with Gasteiger partial charge in [0.2, 0.25) is 0 Å². The Hall–Kier alpha value is -2.02. The van der Waals surface area contributed by atoms with E-state index in [4.69, 9.17) is 9.47 Å². The molecule has 0 fully saturated rings. The van der Waals surface area contributed by atoms with Crippen LogP contribution < -0.4 is 0 Å². The summed E-state index contributed by atoms with van der Waals surface area (Å²) in [6, 6.07) is 7.58. The Morgan fingerprint density at radius 3 is 2.42 bits per heavy atom. The fraction of sp³-hybridized carbons (Fsp3) is 0.471. The van der Waals surface area contributed by atoms with E-state index >= 15 is 0 Å². The highest BCUT2D eigenvalue weighted by molar-refractivity contribution is 8.00. The van der Waals surface area contributed by atoms with Crippen molar-refractivity contribution in [1.29, 1.82) is 0 Å². The van der Waals surface area contributed by atoms with Crippen molar-refractivity contribution in [2.24, 2.45) is 0 Å². The van der Waals surface area contributed by atoms with E-state index < -0.39 is 17.2 Å². The molecule has 0 bridgehead atoms. The number of nitrogens with one attached hydrogen (secondary N) is 1. The number of imidazole rings is 1. The van der Waals surface area contributed by atoms with Crippen molar-refractivity contribution >= 4 is 34.7 Å². The maximum atomic E-state index is 12.3. The highest BCUT2D eigenvalue weighted by Crippen LogP contribution is 2.27. The molecule has 1 N–H and O–H groups in total. The molecule has 24 heavy (non-hydrogen) atoms. The lowest BCUT2D eigenvalue weighted by molar-refractivity contribution is -0.153.